The normalized spacial score (nSPS) is 14.1. The van der Waals surface area contributed by atoms with Gasteiger partial charge in [-0.1, -0.05) is 30.3 Å². The van der Waals surface area contributed by atoms with Gasteiger partial charge in [-0.15, -0.1) is 0 Å². The van der Waals surface area contributed by atoms with Gasteiger partial charge >= 0.3 is 6.09 Å². The van der Waals surface area contributed by atoms with E-state index >= 15 is 0 Å². The van der Waals surface area contributed by atoms with Crippen molar-refractivity contribution in [2.45, 2.75) is 26.4 Å². The van der Waals surface area contributed by atoms with Crippen molar-refractivity contribution in [2.75, 3.05) is 31.1 Å². The monoisotopic (exact) mass is 481 g/mol. The summed E-state index contributed by atoms with van der Waals surface area (Å²) in [4.78, 5) is 30.3. The number of carbonyl (C=O) groups excluding carboxylic acids is 1. The summed E-state index contributed by atoms with van der Waals surface area (Å²) in [5.41, 5.74) is 2.70. The van der Waals surface area contributed by atoms with Gasteiger partial charge in [0.25, 0.3) is 0 Å². The maximum Gasteiger partial charge on any atom is 0.410 e. The summed E-state index contributed by atoms with van der Waals surface area (Å²) in [6.45, 7) is 7.92. The fourth-order valence-corrected chi connectivity index (χ4v) is 4.34. The van der Waals surface area contributed by atoms with Crippen LogP contribution in [-0.4, -0.2) is 62.3 Å². The Morgan fingerprint density at radius 1 is 1.03 bits per heavy atom. The highest BCUT2D eigenvalue weighted by Crippen LogP contribution is 2.36. The van der Waals surface area contributed by atoms with Gasteiger partial charge in [-0.2, -0.15) is 5.26 Å². The molecule has 1 aromatic carbocycles. The molecular formula is C27H27N7O2. The lowest BCUT2D eigenvalue weighted by molar-refractivity contribution is 0.0240. The molecule has 0 radical (unpaired) electrons. The minimum absolute atomic E-state index is 0.297. The molecule has 1 saturated heterocycles. The van der Waals surface area contributed by atoms with Crippen LogP contribution in [0.1, 0.15) is 26.3 Å². The number of hydrogen-bond donors (Lipinski definition) is 0. The van der Waals surface area contributed by atoms with Gasteiger partial charge in [-0.3, -0.25) is 4.57 Å². The third-order valence-corrected chi connectivity index (χ3v) is 6.00. The summed E-state index contributed by atoms with van der Waals surface area (Å²) in [7, 11) is 0. The molecule has 3 aromatic heterocycles. The first kappa shape index (κ1) is 23.3. The van der Waals surface area contributed by atoms with Gasteiger partial charge in [0.2, 0.25) is 0 Å². The van der Waals surface area contributed by atoms with Crippen molar-refractivity contribution in [2.24, 2.45) is 0 Å². The second kappa shape index (κ2) is 9.30. The molecule has 1 aliphatic rings. The highest BCUT2D eigenvalue weighted by atomic mass is 16.6. The number of fused-ring (bicyclic) bond motifs is 1. The van der Waals surface area contributed by atoms with E-state index in [4.69, 9.17) is 4.74 Å². The molecule has 1 aliphatic heterocycles. The number of ether oxygens (including phenoxy) is 1. The van der Waals surface area contributed by atoms with E-state index in [0.29, 0.717) is 43.2 Å². The van der Waals surface area contributed by atoms with Crippen LogP contribution in [0.2, 0.25) is 0 Å². The minimum atomic E-state index is -0.530. The molecular weight excluding hydrogens is 454 g/mol. The molecule has 36 heavy (non-hydrogen) atoms. The van der Waals surface area contributed by atoms with Crippen LogP contribution >= 0.6 is 0 Å². The summed E-state index contributed by atoms with van der Waals surface area (Å²) in [5.74, 6) is 1.42. The fraction of sp³-hybridized carbons (Fsp3) is 0.296. The van der Waals surface area contributed by atoms with Gasteiger partial charge in [0.15, 0.2) is 5.65 Å². The minimum Gasteiger partial charge on any atom is -0.444 e. The van der Waals surface area contributed by atoms with E-state index in [2.05, 4.69) is 38.1 Å². The third kappa shape index (κ3) is 4.58. The zero-order valence-electron chi connectivity index (χ0n) is 20.5. The van der Waals surface area contributed by atoms with E-state index in [-0.39, 0.29) is 6.09 Å². The van der Waals surface area contributed by atoms with E-state index in [1.165, 1.54) is 0 Å². The molecule has 0 bridgehead atoms. The molecule has 4 heterocycles. The highest BCUT2D eigenvalue weighted by molar-refractivity contribution is 6.02. The quantitative estimate of drug-likeness (QED) is 0.427. The van der Waals surface area contributed by atoms with Crippen LogP contribution in [0.3, 0.4) is 0 Å². The third-order valence-electron chi connectivity index (χ3n) is 6.00. The Morgan fingerprint density at radius 3 is 2.47 bits per heavy atom. The molecule has 1 amide bonds. The van der Waals surface area contributed by atoms with E-state index in [9.17, 15) is 10.1 Å². The standard InChI is InChI=1S/C27H27N7O2/c1-27(2,3)36-26(35)33-13-11-32(12-14-33)24-23-21(20-7-5-4-6-8-20)17-34(25(23)31-18-30-24)22-15-19(16-28)9-10-29-22/h4-10,15,17-18H,11-14H2,1-3H3. The lowest BCUT2D eigenvalue weighted by Gasteiger charge is -2.36. The van der Waals surface area contributed by atoms with Gasteiger partial charge in [0.05, 0.1) is 17.0 Å². The van der Waals surface area contributed by atoms with Crippen molar-refractivity contribution < 1.29 is 9.53 Å². The van der Waals surface area contributed by atoms with Crippen molar-refractivity contribution in [1.82, 2.24) is 24.4 Å². The van der Waals surface area contributed by atoms with Crippen molar-refractivity contribution in [3.8, 4) is 23.0 Å². The fourth-order valence-electron chi connectivity index (χ4n) is 4.34. The van der Waals surface area contributed by atoms with Crippen LogP contribution in [-0.2, 0) is 4.74 Å². The Balaban J connectivity index is 1.55. The van der Waals surface area contributed by atoms with Gasteiger partial charge in [0, 0.05) is 44.1 Å². The van der Waals surface area contributed by atoms with Gasteiger partial charge < -0.3 is 14.5 Å². The van der Waals surface area contributed by atoms with E-state index in [0.717, 1.165) is 22.3 Å². The van der Waals surface area contributed by atoms with Crippen LogP contribution in [0, 0.1) is 11.3 Å². The van der Waals surface area contributed by atoms with Crippen LogP contribution in [0.15, 0.2) is 61.2 Å². The summed E-state index contributed by atoms with van der Waals surface area (Å²) < 4.78 is 7.45. The second-order valence-corrected chi connectivity index (χ2v) is 9.64. The largest absolute Gasteiger partial charge is 0.444 e. The van der Waals surface area contributed by atoms with Crippen LogP contribution < -0.4 is 4.90 Å². The Hall–Kier alpha value is -4.45. The number of amides is 1. The number of rotatable bonds is 3. The number of anilines is 1. The van der Waals surface area contributed by atoms with Crippen LogP contribution in [0.5, 0.6) is 0 Å². The summed E-state index contributed by atoms with van der Waals surface area (Å²) >= 11 is 0. The Bertz CT molecular complexity index is 1440. The maximum absolute atomic E-state index is 12.5. The number of benzene rings is 1. The Morgan fingerprint density at radius 2 is 1.78 bits per heavy atom. The van der Waals surface area contributed by atoms with Gasteiger partial charge in [0.1, 0.15) is 23.6 Å². The second-order valence-electron chi connectivity index (χ2n) is 9.64. The molecule has 182 valence electrons. The molecule has 9 nitrogen and oxygen atoms in total. The number of piperazine rings is 1. The number of pyridine rings is 1. The zero-order valence-corrected chi connectivity index (χ0v) is 20.5. The maximum atomic E-state index is 12.5. The van der Waals surface area contributed by atoms with Crippen molar-refractivity contribution in [1.29, 1.82) is 5.26 Å². The number of nitriles is 1. The average Bonchev–Trinajstić information content (AvgIpc) is 3.28. The van der Waals surface area contributed by atoms with Crippen LogP contribution in [0.25, 0.3) is 28.0 Å². The first-order valence-electron chi connectivity index (χ1n) is 11.8. The molecule has 0 N–H and O–H groups in total. The van der Waals surface area contributed by atoms with Gasteiger partial charge in [-0.05, 0) is 38.5 Å². The predicted molar refractivity (Wildman–Crippen MR) is 137 cm³/mol. The zero-order chi connectivity index (χ0) is 25.3. The SMILES string of the molecule is CC(C)(C)OC(=O)N1CCN(c2ncnc3c2c(-c2ccccc2)cn3-c2cc(C#N)ccn2)CC1. The summed E-state index contributed by atoms with van der Waals surface area (Å²) in [6, 6.07) is 15.7. The predicted octanol–water partition coefficient (Wildman–Crippen LogP) is 4.41. The van der Waals surface area contributed by atoms with E-state index in [1.807, 2.05) is 49.7 Å². The summed E-state index contributed by atoms with van der Waals surface area (Å²) in [6.07, 6.45) is 4.88. The number of carbonyl (C=O) groups is 1. The lowest BCUT2D eigenvalue weighted by Crippen LogP contribution is -2.50. The first-order chi connectivity index (χ1) is 17.3. The number of nitrogens with zero attached hydrogens (tertiary/aromatic N) is 7. The van der Waals surface area contributed by atoms with E-state index in [1.54, 1.807) is 29.6 Å². The van der Waals surface area contributed by atoms with E-state index < -0.39 is 5.60 Å². The molecule has 0 unspecified atom stereocenters. The molecule has 0 saturated carbocycles. The lowest BCUT2D eigenvalue weighted by atomic mass is 10.1. The molecule has 1 fully saturated rings. The molecule has 5 rings (SSSR count). The molecule has 0 aliphatic carbocycles. The number of hydrogen-bond acceptors (Lipinski definition) is 7. The Kier molecular flexibility index (Phi) is 6.02. The number of aromatic nitrogens is 4. The molecule has 4 aromatic rings. The Labute approximate surface area is 209 Å². The smallest absolute Gasteiger partial charge is 0.410 e. The van der Waals surface area contributed by atoms with Crippen molar-refractivity contribution in [3.05, 3.63) is 66.7 Å². The topological polar surface area (TPSA) is 100 Å². The van der Waals surface area contributed by atoms with Crippen molar-refractivity contribution in [3.63, 3.8) is 0 Å². The van der Waals surface area contributed by atoms with Crippen LogP contribution in [0.4, 0.5) is 10.6 Å². The summed E-state index contributed by atoms with van der Waals surface area (Å²) in [5, 5.41) is 10.3. The highest BCUT2D eigenvalue weighted by Gasteiger charge is 2.28. The molecule has 9 heteroatoms. The first-order valence-corrected chi connectivity index (χ1v) is 11.8. The average molecular weight is 482 g/mol. The molecule has 0 spiro atoms. The van der Waals surface area contributed by atoms with Crippen molar-refractivity contribution >= 4 is 22.9 Å². The van der Waals surface area contributed by atoms with Gasteiger partial charge in [-0.25, -0.2) is 19.7 Å². The molecule has 0 atom stereocenters.